The van der Waals surface area contributed by atoms with Crippen molar-refractivity contribution in [1.29, 1.82) is 0 Å². The number of carbonyl (C=O) groups excluding carboxylic acids is 1. The van der Waals surface area contributed by atoms with E-state index in [1.165, 1.54) is 24.5 Å². The van der Waals surface area contributed by atoms with Gasteiger partial charge in [-0.05, 0) is 49.3 Å². The van der Waals surface area contributed by atoms with Gasteiger partial charge in [-0.15, -0.1) is 11.3 Å². The molecule has 31 heavy (non-hydrogen) atoms. The van der Waals surface area contributed by atoms with Gasteiger partial charge in [-0.1, -0.05) is 36.4 Å². The third kappa shape index (κ3) is 5.36. The molecule has 3 aromatic rings. The van der Waals surface area contributed by atoms with Gasteiger partial charge in [0.05, 0.1) is 12.8 Å². The molecule has 0 aliphatic carbocycles. The highest BCUT2D eigenvalue weighted by molar-refractivity contribution is 7.80. The Morgan fingerprint density at radius 2 is 1.81 bits per heavy atom. The number of nitrogens with one attached hydrogen (secondary N) is 2. The molecule has 162 valence electrons. The van der Waals surface area contributed by atoms with Crippen LogP contribution in [-0.4, -0.2) is 24.8 Å². The number of esters is 1. The number of thiocarbonyl (C=S) groups is 1. The quantitative estimate of drug-likeness (QED) is 0.335. The van der Waals surface area contributed by atoms with Crippen molar-refractivity contribution >= 4 is 45.3 Å². The third-order valence-corrected chi connectivity index (χ3v) is 5.59. The minimum atomic E-state index is -2.97. The van der Waals surface area contributed by atoms with Gasteiger partial charge in [0.1, 0.15) is 16.3 Å². The summed E-state index contributed by atoms with van der Waals surface area (Å²) in [7, 11) is 1.31. The number of rotatable bonds is 6. The predicted molar refractivity (Wildman–Crippen MR) is 123 cm³/mol. The first-order chi connectivity index (χ1) is 14.8. The predicted octanol–water partition coefficient (Wildman–Crippen LogP) is 6.23. The number of alkyl halides is 2. The average molecular weight is 463 g/mol. The summed E-state index contributed by atoms with van der Waals surface area (Å²) < 4.78 is 35.1. The number of halogens is 2. The molecule has 1 aromatic heterocycles. The first-order valence-electron chi connectivity index (χ1n) is 9.20. The second-order valence-corrected chi connectivity index (χ2v) is 8.19. The maximum atomic E-state index is 12.8. The number of methoxy groups -OCH3 is 1. The molecule has 0 bridgehead atoms. The fourth-order valence-electron chi connectivity index (χ4n) is 3.06. The molecule has 0 unspecified atom stereocenters. The molecule has 0 radical (unpaired) electrons. The van der Waals surface area contributed by atoms with Gasteiger partial charge in [0, 0.05) is 10.4 Å². The first-order valence-corrected chi connectivity index (χ1v) is 10.4. The monoisotopic (exact) mass is 462 g/mol. The highest BCUT2D eigenvalue weighted by Gasteiger charge is 2.24. The lowest BCUT2D eigenvalue weighted by atomic mass is 10.0. The van der Waals surface area contributed by atoms with E-state index in [0.717, 1.165) is 21.6 Å². The van der Waals surface area contributed by atoms with Gasteiger partial charge in [0.2, 0.25) is 0 Å². The van der Waals surface area contributed by atoms with Crippen molar-refractivity contribution in [3.05, 3.63) is 64.5 Å². The summed E-state index contributed by atoms with van der Waals surface area (Å²) in [6.45, 7) is 0.694. The van der Waals surface area contributed by atoms with E-state index in [2.05, 4.69) is 15.4 Å². The molecule has 5 nitrogen and oxygen atoms in total. The molecule has 2 N–H and O–H groups in total. The van der Waals surface area contributed by atoms with Crippen LogP contribution >= 0.6 is 23.6 Å². The lowest BCUT2D eigenvalue weighted by molar-refractivity contribution is -0.0493. The SMILES string of the molecule is COC(=O)c1c(NC(=S)Nc2ccc(C)cc2OC(F)F)sc(C)c1-c1ccccc1. The number of hydrogen-bond donors (Lipinski definition) is 2. The zero-order valence-corrected chi connectivity index (χ0v) is 18.6. The van der Waals surface area contributed by atoms with E-state index in [0.29, 0.717) is 10.6 Å². The van der Waals surface area contributed by atoms with Gasteiger partial charge in [0.15, 0.2) is 5.11 Å². The van der Waals surface area contributed by atoms with Crippen LogP contribution in [0.15, 0.2) is 48.5 Å². The molecule has 1 heterocycles. The minimum absolute atomic E-state index is 0.0281. The number of ether oxygens (including phenoxy) is 2. The van der Waals surface area contributed by atoms with Crippen molar-refractivity contribution in [3.63, 3.8) is 0 Å². The lowest BCUT2D eigenvalue weighted by Gasteiger charge is -2.15. The van der Waals surface area contributed by atoms with Crippen LogP contribution in [0, 0.1) is 13.8 Å². The van der Waals surface area contributed by atoms with Crippen molar-refractivity contribution in [2.45, 2.75) is 20.5 Å². The van der Waals surface area contributed by atoms with Crippen molar-refractivity contribution in [1.82, 2.24) is 0 Å². The van der Waals surface area contributed by atoms with Gasteiger partial charge in [-0.3, -0.25) is 0 Å². The molecule has 0 aliphatic rings. The third-order valence-electron chi connectivity index (χ3n) is 4.36. The van der Waals surface area contributed by atoms with Crippen LogP contribution in [0.1, 0.15) is 20.8 Å². The molecule has 9 heteroatoms. The second kappa shape index (κ2) is 9.84. The van der Waals surface area contributed by atoms with Crippen molar-refractivity contribution < 1.29 is 23.0 Å². The summed E-state index contributed by atoms with van der Waals surface area (Å²) in [5, 5.41) is 6.47. The summed E-state index contributed by atoms with van der Waals surface area (Å²) in [5.41, 5.74) is 3.01. The van der Waals surface area contributed by atoms with Crippen LogP contribution in [0.2, 0.25) is 0 Å². The molecular formula is C22H20F2N2O3S2. The van der Waals surface area contributed by atoms with E-state index >= 15 is 0 Å². The van der Waals surface area contributed by atoms with E-state index in [9.17, 15) is 13.6 Å². The standard InChI is InChI=1S/C22H20F2N2O3S2/c1-12-9-10-15(16(11-12)29-21(23)24)25-22(30)26-19-18(20(27)28-3)17(13(2)31-19)14-7-5-4-6-8-14/h4-11,21H,1-3H3,(H2,25,26,30). The van der Waals surface area contributed by atoms with E-state index in [4.69, 9.17) is 17.0 Å². The van der Waals surface area contributed by atoms with Crippen LogP contribution in [-0.2, 0) is 4.74 Å². The van der Waals surface area contributed by atoms with Gasteiger partial charge in [-0.25, -0.2) is 4.79 Å². The highest BCUT2D eigenvalue weighted by Crippen LogP contribution is 2.40. The fraction of sp³-hybridized carbons (Fsp3) is 0.182. The maximum Gasteiger partial charge on any atom is 0.387 e. The maximum absolute atomic E-state index is 12.8. The second-order valence-electron chi connectivity index (χ2n) is 6.55. The molecule has 0 saturated carbocycles. The first kappa shape index (κ1) is 22.6. The molecule has 0 aliphatic heterocycles. The van der Waals surface area contributed by atoms with Gasteiger partial charge >= 0.3 is 12.6 Å². The molecule has 2 aromatic carbocycles. The molecule has 0 amide bonds. The Hall–Kier alpha value is -3.04. The van der Waals surface area contributed by atoms with Crippen LogP contribution < -0.4 is 15.4 Å². The Morgan fingerprint density at radius 1 is 1.10 bits per heavy atom. The molecule has 0 spiro atoms. The largest absolute Gasteiger partial charge is 0.465 e. The summed E-state index contributed by atoms with van der Waals surface area (Å²) in [6, 6.07) is 14.3. The van der Waals surface area contributed by atoms with Gasteiger partial charge < -0.3 is 20.1 Å². The van der Waals surface area contributed by atoms with Crippen molar-refractivity contribution in [2.24, 2.45) is 0 Å². The van der Waals surface area contributed by atoms with Crippen molar-refractivity contribution in [2.75, 3.05) is 17.7 Å². The molecule has 0 atom stereocenters. The minimum Gasteiger partial charge on any atom is -0.465 e. The Balaban J connectivity index is 1.91. The average Bonchev–Trinajstić information content (AvgIpc) is 3.05. The van der Waals surface area contributed by atoms with Gasteiger partial charge in [-0.2, -0.15) is 8.78 Å². The molecular weight excluding hydrogens is 442 g/mol. The normalized spacial score (nSPS) is 10.6. The number of hydrogen-bond acceptors (Lipinski definition) is 5. The zero-order valence-electron chi connectivity index (χ0n) is 17.0. The Bertz CT molecular complexity index is 1100. The summed E-state index contributed by atoms with van der Waals surface area (Å²) in [5.74, 6) is -0.537. The van der Waals surface area contributed by atoms with Crippen LogP contribution in [0.25, 0.3) is 11.1 Å². The van der Waals surface area contributed by atoms with Crippen LogP contribution in [0.5, 0.6) is 5.75 Å². The van der Waals surface area contributed by atoms with Crippen molar-refractivity contribution in [3.8, 4) is 16.9 Å². The molecule has 0 saturated heterocycles. The summed E-state index contributed by atoms with van der Waals surface area (Å²) >= 11 is 6.71. The zero-order chi connectivity index (χ0) is 22.5. The smallest absolute Gasteiger partial charge is 0.387 e. The van der Waals surface area contributed by atoms with E-state index in [1.54, 1.807) is 19.1 Å². The number of carbonyl (C=O) groups is 1. The Morgan fingerprint density at radius 3 is 2.45 bits per heavy atom. The Kier molecular flexibility index (Phi) is 7.19. The van der Waals surface area contributed by atoms with E-state index < -0.39 is 12.6 Å². The van der Waals surface area contributed by atoms with Gasteiger partial charge in [0.25, 0.3) is 0 Å². The molecule has 0 fully saturated rings. The number of benzene rings is 2. The fourth-order valence-corrected chi connectivity index (χ4v) is 4.41. The van der Waals surface area contributed by atoms with Crippen LogP contribution in [0.4, 0.5) is 19.5 Å². The van der Waals surface area contributed by atoms with Crippen LogP contribution in [0.3, 0.4) is 0 Å². The molecule has 3 rings (SSSR count). The Labute approximate surface area is 188 Å². The lowest BCUT2D eigenvalue weighted by Crippen LogP contribution is -2.21. The summed E-state index contributed by atoms with van der Waals surface area (Å²) in [6.07, 6.45) is 0. The topological polar surface area (TPSA) is 59.6 Å². The van der Waals surface area contributed by atoms with E-state index in [-0.39, 0.29) is 16.5 Å². The summed E-state index contributed by atoms with van der Waals surface area (Å²) in [4.78, 5) is 13.5. The number of aryl methyl sites for hydroxylation is 2. The van der Waals surface area contributed by atoms with E-state index in [1.807, 2.05) is 37.3 Å². The highest BCUT2D eigenvalue weighted by atomic mass is 32.1. The number of thiophene rings is 1. The number of anilines is 2.